The van der Waals surface area contributed by atoms with Crippen molar-refractivity contribution in [3.63, 3.8) is 0 Å². The second kappa shape index (κ2) is 10.1. The Morgan fingerprint density at radius 2 is 1.76 bits per heavy atom. The molecule has 8 nitrogen and oxygen atoms in total. The van der Waals surface area contributed by atoms with Gasteiger partial charge in [0.15, 0.2) is 11.0 Å². The van der Waals surface area contributed by atoms with Crippen LogP contribution in [0.2, 0.25) is 5.02 Å². The number of pyridine rings is 1. The standard InChI is InChI=1S/C24H21ClN6O2S/c1-14-19(25)4-3-5-20(14)31-22(17-10-12-27-13-11-17)29-30-24(31)34-15(2)23(33)28-18-8-6-16(7-9-18)21(26)32/h3-13,15H,1-2H3,(H2,26,32)(H,28,33). The van der Waals surface area contributed by atoms with Gasteiger partial charge in [0.1, 0.15) is 0 Å². The summed E-state index contributed by atoms with van der Waals surface area (Å²) in [6.07, 6.45) is 3.37. The number of primary amides is 1. The molecule has 0 aliphatic carbocycles. The van der Waals surface area contributed by atoms with Crippen LogP contribution in [0.3, 0.4) is 0 Å². The molecule has 0 saturated heterocycles. The highest BCUT2D eigenvalue weighted by Crippen LogP contribution is 2.33. The number of amides is 2. The van der Waals surface area contributed by atoms with E-state index in [1.807, 2.05) is 41.8 Å². The molecule has 34 heavy (non-hydrogen) atoms. The van der Waals surface area contributed by atoms with Crippen molar-refractivity contribution in [1.29, 1.82) is 0 Å². The van der Waals surface area contributed by atoms with E-state index in [1.54, 1.807) is 43.6 Å². The van der Waals surface area contributed by atoms with Crippen LogP contribution in [-0.2, 0) is 4.79 Å². The number of thioether (sulfide) groups is 1. The van der Waals surface area contributed by atoms with Gasteiger partial charge in [-0.1, -0.05) is 29.4 Å². The summed E-state index contributed by atoms with van der Waals surface area (Å²) >= 11 is 7.67. The lowest BCUT2D eigenvalue weighted by atomic mass is 10.2. The zero-order valence-electron chi connectivity index (χ0n) is 18.4. The summed E-state index contributed by atoms with van der Waals surface area (Å²) in [6.45, 7) is 3.71. The zero-order valence-corrected chi connectivity index (χ0v) is 20.0. The van der Waals surface area contributed by atoms with Crippen molar-refractivity contribution in [2.45, 2.75) is 24.3 Å². The number of carbonyl (C=O) groups is 2. The number of nitrogens with two attached hydrogens (primary N) is 1. The largest absolute Gasteiger partial charge is 0.366 e. The monoisotopic (exact) mass is 492 g/mol. The molecular formula is C24H21ClN6O2S. The normalized spacial score (nSPS) is 11.7. The van der Waals surface area contributed by atoms with Gasteiger partial charge in [0, 0.05) is 34.2 Å². The number of halogens is 1. The molecule has 0 saturated carbocycles. The van der Waals surface area contributed by atoms with E-state index in [0.29, 0.717) is 27.3 Å². The predicted molar refractivity (Wildman–Crippen MR) is 133 cm³/mol. The number of aromatic nitrogens is 4. The van der Waals surface area contributed by atoms with Crippen LogP contribution < -0.4 is 11.1 Å². The lowest BCUT2D eigenvalue weighted by Crippen LogP contribution is -2.23. The van der Waals surface area contributed by atoms with Crippen LogP contribution in [-0.4, -0.2) is 36.8 Å². The highest BCUT2D eigenvalue weighted by molar-refractivity contribution is 8.00. The summed E-state index contributed by atoms with van der Waals surface area (Å²) in [5.41, 5.74) is 8.72. The summed E-state index contributed by atoms with van der Waals surface area (Å²) in [6, 6.07) is 15.7. The van der Waals surface area contributed by atoms with Gasteiger partial charge in [0.25, 0.3) is 0 Å². The molecular weight excluding hydrogens is 472 g/mol. The van der Waals surface area contributed by atoms with Crippen LogP contribution in [0.15, 0.2) is 72.1 Å². The molecule has 4 rings (SSSR count). The van der Waals surface area contributed by atoms with Gasteiger partial charge in [-0.3, -0.25) is 19.1 Å². The number of hydrogen-bond donors (Lipinski definition) is 2. The smallest absolute Gasteiger partial charge is 0.248 e. The van der Waals surface area contributed by atoms with Crippen LogP contribution in [0.1, 0.15) is 22.8 Å². The number of carbonyl (C=O) groups excluding carboxylic acids is 2. The lowest BCUT2D eigenvalue weighted by Gasteiger charge is -2.16. The molecule has 2 amide bonds. The Morgan fingerprint density at radius 1 is 1.06 bits per heavy atom. The van der Waals surface area contributed by atoms with E-state index >= 15 is 0 Å². The van der Waals surface area contributed by atoms with Crippen molar-refractivity contribution in [1.82, 2.24) is 19.7 Å². The van der Waals surface area contributed by atoms with Gasteiger partial charge in [-0.2, -0.15) is 0 Å². The van der Waals surface area contributed by atoms with Gasteiger partial charge >= 0.3 is 0 Å². The Hall–Kier alpha value is -3.69. The molecule has 4 aromatic rings. The number of hydrogen-bond acceptors (Lipinski definition) is 6. The molecule has 1 atom stereocenters. The van der Waals surface area contributed by atoms with E-state index < -0.39 is 11.2 Å². The molecule has 172 valence electrons. The summed E-state index contributed by atoms with van der Waals surface area (Å²) in [7, 11) is 0. The number of nitrogens with zero attached hydrogens (tertiary/aromatic N) is 4. The van der Waals surface area contributed by atoms with E-state index in [-0.39, 0.29) is 5.91 Å². The van der Waals surface area contributed by atoms with Gasteiger partial charge in [0.05, 0.1) is 10.9 Å². The molecule has 2 aromatic carbocycles. The van der Waals surface area contributed by atoms with Crippen molar-refractivity contribution in [3.05, 3.63) is 83.1 Å². The van der Waals surface area contributed by atoms with Gasteiger partial charge < -0.3 is 11.1 Å². The van der Waals surface area contributed by atoms with Crippen molar-refractivity contribution in [3.8, 4) is 17.1 Å². The topological polar surface area (TPSA) is 116 Å². The zero-order chi connectivity index (χ0) is 24.2. The Morgan fingerprint density at radius 3 is 2.44 bits per heavy atom. The third-order valence-corrected chi connectivity index (χ3v) is 6.59. The van der Waals surface area contributed by atoms with E-state index in [1.165, 1.54) is 11.8 Å². The fourth-order valence-corrected chi connectivity index (χ4v) is 4.29. The molecule has 1 unspecified atom stereocenters. The number of benzene rings is 2. The SMILES string of the molecule is Cc1c(Cl)cccc1-n1c(SC(C)C(=O)Nc2ccc(C(N)=O)cc2)nnc1-c1ccncc1. The quantitative estimate of drug-likeness (QED) is 0.367. The van der Waals surface area contributed by atoms with Crippen LogP contribution in [0.4, 0.5) is 5.69 Å². The maximum absolute atomic E-state index is 12.9. The van der Waals surface area contributed by atoms with E-state index in [2.05, 4.69) is 20.5 Å². The van der Waals surface area contributed by atoms with Crippen LogP contribution in [0.5, 0.6) is 0 Å². The molecule has 0 bridgehead atoms. The molecule has 0 fully saturated rings. The van der Waals surface area contributed by atoms with Crippen molar-refractivity contribution >= 4 is 40.9 Å². The van der Waals surface area contributed by atoms with Gasteiger partial charge in [-0.05, 0) is 67.9 Å². The molecule has 2 heterocycles. The minimum atomic E-state index is -0.526. The minimum absolute atomic E-state index is 0.223. The van der Waals surface area contributed by atoms with Crippen molar-refractivity contribution in [2.75, 3.05) is 5.32 Å². The Kier molecular flexibility index (Phi) is 6.95. The highest BCUT2D eigenvalue weighted by atomic mass is 35.5. The summed E-state index contributed by atoms with van der Waals surface area (Å²) < 4.78 is 1.90. The second-order valence-electron chi connectivity index (χ2n) is 7.45. The first-order valence-corrected chi connectivity index (χ1v) is 11.6. The number of rotatable bonds is 7. The van der Waals surface area contributed by atoms with Crippen molar-refractivity contribution < 1.29 is 9.59 Å². The predicted octanol–water partition coefficient (Wildman–Crippen LogP) is 4.51. The first-order chi connectivity index (χ1) is 16.3. The van der Waals surface area contributed by atoms with E-state index in [0.717, 1.165) is 16.8 Å². The summed E-state index contributed by atoms with van der Waals surface area (Å²) in [5, 5.41) is 12.3. The molecule has 3 N–H and O–H groups in total. The maximum atomic E-state index is 12.9. The fourth-order valence-electron chi connectivity index (χ4n) is 3.26. The third kappa shape index (κ3) is 4.95. The van der Waals surface area contributed by atoms with Gasteiger partial charge in [-0.25, -0.2) is 0 Å². The average molecular weight is 493 g/mol. The fraction of sp³-hybridized carbons (Fsp3) is 0.125. The molecule has 0 aliphatic heterocycles. The highest BCUT2D eigenvalue weighted by Gasteiger charge is 2.23. The summed E-state index contributed by atoms with van der Waals surface area (Å²) in [5.74, 6) is -0.132. The molecule has 0 spiro atoms. The third-order valence-electron chi connectivity index (χ3n) is 5.14. The Labute approximate surface area is 205 Å². The van der Waals surface area contributed by atoms with E-state index in [4.69, 9.17) is 17.3 Å². The van der Waals surface area contributed by atoms with Crippen LogP contribution >= 0.6 is 23.4 Å². The molecule has 10 heteroatoms. The average Bonchev–Trinajstić information content (AvgIpc) is 3.25. The maximum Gasteiger partial charge on any atom is 0.248 e. The van der Waals surface area contributed by atoms with Crippen LogP contribution in [0, 0.1) is 6.92 Å². The van der Waals surface area contributed by atoms with E-state index in [9.17, 15) is 9.59 Å². The van der Waals surface area contributed by atoms with Crippen molar-refractivity contribution in [2.24, 2.45) is 5.73 Å². The molecule has 0 radical (unpaired) electrons. The number of anilines is 1. The Balaban J connectivity index is 1.63. The summed E-state index contributed by atoms with van der Waals surface area (Å²) in [4.78, 5) is 28.2. The first-order valence-electron chi connectivity index (χ1n) is 10.3. The number of nitrogens with one attached hydrogen (secondary N) is 1. The van der Waals surface area contributed by atoms with Gasteiger partial charge in [-0.15, -0.1) is 10.2 Å². The first kappa shape index (κ1) is 23.5. The van der Waals surface area contributed by atoms with Crippen LogP contribution in [0.25, 0.3) is 17.1 Å². The molecule has 0 aliphatic rings. The minimum Gasteiger partial charge on any atom is -0.366 e. The molecule has 2 aromatic heterocycles. The lowest BCUT2D eigenvalue weighted by molar-refractivity contribution is -0.115. The Bertz CT molecular complexity index is 1340. The van der Waals surface area contributed by atoms with Gasteiger partial charge in [0.2, 0.25) is 11.8 Å². The second-order valence-corrected chi connectivity index (χ2v) is 9.17.